The molecule has 96 valence electrons. The van der Waals surface area contributed by atoms with Gasteiger partial charge in [0.05, 0.1) is 5.69 Å². The highest BCUT2D eigenvalue weighted by Crippen LogP contribution is 2.21. The van der Waals surface area contributed by atoms with Crippen LogP contribution in [0.4, 0.5) is 5.69 Å². The molecule has 1 atom stereocenters. The first kappa shape index (κ1) is 12.0. The third-order valence-corrected chi connectivity index (χ3v) is 3.76. The summed E-state index contributed by atoms with van der Waals surface area (Å²) in [5, 5.41) is 12.0. The van der Waals surface area contributed by atoms with Gasteiger partial charge in [0.2, 0.25) is 0 Å². The molecular weight excluding hydrogens is 254 g/mol. The third kappa shape index (κ3) is 2.69. The molecule has 3 nitrogen and oxygen atoms in total. The van der Waals surface area contributed by atoms with Crippen LogP contribution in [-0.2, 0) is 0 Å². The molecule has 0 spiro atoms. The van der Waals surface area contributed by atoms with E-state index in [2.05, 4.69) is 58.4 Å². The summed E-state index contributed by atoms with van der Waals surface area (Å²) in [4.78, 5) is 0. The standard InChI is InChI=1S/C15H15N3S/c1-12(13-7-10-19-11-13)17-14-3-5-15(6-4-14)18-9-2-8-16-18/h2-12,17H,1H3. The number of anilines is 1. The van der Waals surface area contributed by atoms with Gasteiger partial charge >= 0.3 is 0 Å². The molecule has 3 aromatic rings. The van der Waals surface area contributed by atoms with Crippen LogP contribution < -0.4 is 5.32 Å². The van der Waals surface area contributed by atoms with Gasteiger partial charge in [-0.25, -0.2) is 4.68 Å². The van der Waals surface area contributed by atoms with E-state index in [1.54, 1.807) is 17.5 Å². The van der Waals surface area contributed by atoms with Crippen molar-refractivity contribution in [2.75, 3.05) is 5.32 Å². The first-order valence-electron chi connectivity index (χ1n) is 6.21. The normalized spacial score (nSPS) is 12.3. The van der Waals surface area contributed by atoms with E-state index >= 15 is 0 Å². The van der Waals surface area contributed by atoms with Gasteiger partial charge in [-0.05, 0) is 59.6 Å². The maximum Gasteiger partial charge on any atom is 0.0647 e. The summed E-state index contributed by atoms with van der Waals surface area (Å²) >= 11 is 1.73. The van der Waals surface area contributed by atoms with Crippen molar-refractivity contribution in [3.05, 3.63) is 65.1 Å². The molecule has 3 rings (SSSR count). The van der Waals surface area contributed by atoms with Crippen LogP contribution >= 0.6 is 11.3 Å². The largest absolute Gasteiger partial charge is 0.378 e. The van der Waals surface area contributed by atoms with Crippen LogP contribution in [0, 0.1) is 0 Å². The van der Waals surface area contributed by atoms with E-state index in [0.29, 0.717) is 6.04 Å². The monoisotopic (exact) mass is 269 g/mol. The molecule has 1 unspecified atom stereocenters. The van der Waals surface area contributed by atoms with Crippen molar-refractivity contribution >= 4 is 17.0 Å². The number of aromatic nitrogens is 2. The van der Waals surface area contributed by atoms with Crippen LogP contribution in [0.1, 0.15) is 18.5 Å². The van der Waals surface area contributed by atoms with Crippen LogP contribution in [0.25, 0.3) is 5.69 Å². The van der Waals surface area contributed by atoms with Crippen LogP contribution in [0.3, 0.4) is 0 Å². The smallest absolute Gasteiger partial charge is 0.0647 e. The Hall–Kier alpha value is -2.07. The van der Waals surface area contributed by atoms with E-state index in [0.717, 1.165) is 11.4 Å². The van der Waals surface area contributed by atoms with Crippen molar-refractivity contribution < 1.29 is 0 Å². The fraction of sp³-hybridized carbons (Fsp3) is 0.133. The predicted molar refractivity (Wildman–Crippen MR) is 79.9 cm³/mol. The first-order valence-corrected chi connectivity index (χ1v) is 7.16. The van der Waals surface area contributed by atoms with E-state index in [4.69, 9.17) is 0 Å². The maximum atomic E-state index is 4.22. The van der Waals surface area contributed by atoms with E-state index in [1.165, 1.54) is 5.56 Å². The summed E-state index contributed by atoms with van der Waals surface area (Å²) in [7, 11) is 0. The molecule has 0 aliphatic heterocycles. The van der Waals surface area contributed by atoms with Crippen LogP contribution in [-0.4, -0.2) is 9.78 Å². The quantitative estimate of drug-likeness (QED) is 0.772. The molecule has 0 bridgehead atoms. The molecule has 19 heavy (non-hydrogen) atoms. The molecule has 0 saturated heterocycles. The minimum atomic E-state index is 0.321. The SMILES string of the molecule is CC(Nc1ccc(-n2cccn2)cc1)c1ccsc1. The number of hydrogen-bond donors (Lipinski definition) is 1. The van der Waals surface area contributed by atoms with Gasteiger partial charge in [0, 0.05) is 24.1 Å². The number of benzene rings is 1. The molecule has 0 aliphatic carbocycles. The fourth-order valence-corrected chi connectivity index (χ4v) is 2.74. The Kier molecular flexibility index (Phi) is 3.33. The topological polar surface area (TPSA) is 29.9 Å². The van der Waals surface area contributed by atoms with E-state index < -0.39 is 0 Å². The van der Waals surface area contributed by atoms with Crippen molar-refractivity contribution in [1.29, 1.82) is 0 Å². The highest BCUT2D eigenvalue weighted by atomic mass is 32.1. The summed E-state index contributed by atoms with van der Waals surface area (Å²) in [6, 6.07) is 12.7. The molecule has 0 radical (unpaired) electrons. The van der Waals surface area contributed by atoms with Crippen molar-refractivity contribution in [2.24, 2.45) is 0 Å². The molecule has 4 heteroatoms. The Labute approximate surface area is 116 Å². The predicted octanol–water partition coefficient (Wildman–Crippen LogP) is 4.11. The minimum absolute atomic E-state index is 0.321. The number of nitrogens with zero attached hydrogens (tertiary/aromatic N) is 2. The van der Waals surface area contributed by atoms with Crippen LogP contribution in [0.2, 0.25) is 0 Å². The van der Waals surface area contributed by atoms with Crippen molar-refractivity contribution in [1.82, 2.24) is 9.78 Å². The molecule has 0 aliphatic rings. The average molecular weight is 269 g/mol. The molecule has 1 N–H and O–H groups in total. The number of thiophene rings is 1. The molecule has 0 fully saturated rings. The second-order valence-corrected chi connectivity index (χ2v) is 5.20. The summed E-state index contributed by atoms with van der Waals surface area (Å²) in [6.07, 6.45) is 3.72. The lowest BCUT2D eigenvalue weighted by Gasteiger charge is -2.14. The molecular formula is C15H15N3S. The highest BCUT2D eigenvalue weighted by Gasteiger charge is 2.05. The van der Waals surface area contributed by atoms with Crippen molar-refractivity contribution in [3.63, 3.8) is 0 Å². The van der Waals surface area contributed by atoms with Crippen LogP contribution in [0.5, 0.6) is 0 Å². The Morgan fingerprint density at radius 3 is 2.68 bits per heavy atom. The summed E-state index contributed by atoms with van der Waals surface area (Å²) in [6.45, 7) is 2.17. The molecule has 2 heterocycles. The van der Waals surface area contributed by atoms with E-state index in [-0.39, 0.29) is 0 Å². The zero-order chi connectivity index (χ0) is 13.1. The Morgan fingerprint density at radius 1 is 1.21 bits per heavy atom. The van der Waals surface area contributed by atoms with E-state index in [9.17, 15) is 0 Å². The van der Waals surface area contributed by atoms with E-state index in [1.807, 2.05) is 16.9 Å². The molecule has 0 amide bonds. The van der Waals surface area contributed by atoms with Gasteiger partial charge in [-0.1, -0.05) is 0 Å². The van der Waals surface area contributed by atoms with Gasteiger partial charge in [0.15, 0.2) is 0 Å². The van der Waals surface area contributed by atoms with Gasteiger partial charge in [0.1, 0.15) is 0 Å². The fourth-order valence-electron chi connectivity index (χ4n) is 1.99. The second-order valence-electron chi connectivity index (χ2n) is 4.42. The Balaban J connectivity index is 1.73. The maximum absolute atomic E-state index is 4.22. The Bertz CT molecular complexity index is 612. The number of nitrogens with one attached hydrogen (secondary N) is 1. The van der Waals surface area contributed by atoms with Gasteiger partial charge in [-0.2, -0.15) is 16.4 Å². The first-order chi connectivity index (χ1) is 9.33. The molecule has 0 saturated carbocycles. The molecule has 1 aromatic carbocycles. The Morgan fingerprint density at radius 2 is 2.05 bits per heavy atom. The van der Waals surface area contributed by atoms with Gasteiger partial charge in [0.25, 0.3) is 0 Å². The average Bonchev–Trinajstić information content (AvgIpc) is 3.13. The second kappa shape index (κ2) is 5.28. The zero-order valence-corrected chi connectivity index (χ0v) is 11.5. The van der Waals surface area contributed by atoms with Crippen LogP contribution in [0.15, 0.2) is 59.6 Å². The summed E-state index contributed by atoms with van der Waals surface area (Å²) < 4.78 is 1.85. The minimum Gasteiger partial charge on any atom is -0.378 e. The number of rotatable bonds is 4. The lowest BCUT2D eigenvalue weighted by Crippen LogP contribution is -2.05. The zero-order valence-electron chi connectivity index (χ0n) is 10.7. The third-order valence-electron chi connectivity index (χ3n) is 3.06. The lowest BCUT2D eigenvalue weighted by molar-refractivity contribution is 0.875. The highest BCUT2D eigenvalue weighted by molar-refractivity contribution is 7.07. The lowest BCUT2D eigenvalue weighted by atomic mass is 10.1. The molecule has 2 aromatic heterocycles. The van der Waals surface area contributed by atoms with Gasteiger partial charge in [-0.15, -0.1) is 0 Å². The summed E-state index contributed by atoms with van der Waals surface area (Å²) in [5.41, 5.74) is 3.51. The van der Waals surface area contributed by atoms with Gasteiger partial charge in [-0.3, -0.25) is 0 Å². The van der Waals surface area contributed by atoms with Gasteiger partial charge < -0.3 is 5.32 Å². The summed E-state index contributed by atoms with van der Waals surface area (Å²) in [5.74, 6) is 0. The van der Waals surface area contributed by atoms with Crippen molar-refractivity contribution in [3.8, 4) is 5.69 Å². The van der Waals surface area contributed by atoms with Crippen molar-refractivity contribution in [2.45, 2.75) is 13.0 Å². The number of hydrogen-bond acceptors (Lipinski definition) is 3.